The van der Waals surface area contributed by atoms with E-state index in [4.69, 9.17) is 15.3 Å². The lowest BCUT2D eigenvalue weighted by molar-refractivity contribution is -0.154. The summed E-state index contributed by atoms with van der Waals surface area (Å²) >= 11 is 0. The first-order valence-electron chi connectivity index (χ1n) is 2.67. The number of carboxylic acids is 1. The largest absolute Gasteiger partial charge is 0.479 e. The third kappa shape index (κ3) is 2.77. The molecule has 0 fully saturated rings. The molecule has 0 radical (unpaired) electrons. The zero-order valence-corrected chi connectivity index (χ0v) is 5.52. The van der Waals surface area contributed by atoms with Gasteiger partial charge < -0.3 is 20.1 Å². The summed E-state index contributed by atoms with van der Waals surface area (Å²) in [4.78, 5) is 9.95. The lowest BCUT2D eigenvalue weighted by atomic mass is 10.2. The van der Waals surface area contributed by atoms with Gasteiger partial charge >= 0.3 is 5.97 Å². The third-order valence-corrected chi connectivity index (χ3v) is 0.955. The van der Waals surface area contributed by atoms with Gasteiger partial charge in [-0.05, 0) is 0 Å². The van der Waals surface area contributed by atoms with E-state index < -0.39 is 18.2 Å². The number of hydrogen-bond acceptors (Lipinski definition) is 4. The number of carbonyl (C=O) groups is 1. The average Bonchev–Trinajstić information content (AvgIpc) is 1.87. The van der Waals surface area contributed by atoms with Crippen LogP contribution in [0.4, 0.5) is 0 Å². The molecule has 0 spiro atoms. The second-order valence-electron chi connectivity index (χ2n) is 1.81. The Morgan fingerprint density at radius 1 is 1.60 bits per heavy atom. The van der Waals surface area contributed by atoms with E-state index in [9.17, 15) is 4.79 Å². The minimum atomic E-state index is -1.76. The number of aliphatic carboxylic acids is 1. The molecule has 0 saturated heterocycles. The van der Waals surface area contributed by atoms with Crippen molar-refractivity contribution >= 4 is 5.97 Å². The van der Waals surface area contributed by atoms with Crippen molar-refractivity contribution in [2.24, 2.45) is 0 Å². The molecule has 0 aromatic heterocycles. The molecule has 0 heterocycles. The average molecular weight is 150 g/mol. The highest BCUT2D eigenvalue weighted by molar-refractivity contribution is 5.72. The van der Waals surface area contributed by atoms with Gasteiger partial charge in [0, 0.05) is 7.11 Å². The van der Waals surface area contributed by atoms with Crippen molar-refractivity contribution in [2.75, 3.05) is 13.7 Å². The van der Waals surface area contributed by atoms with Crippen LogP contribution in [-0.4, -0.2) is 47.2 Å². The van der Waals surface area contributed by atoms with Crippen LogP contribution in [0, 0.1) is 0 Å². The molecule has 0 unspecified atom stereocenters. The first-order chi connectivity index (χ1) is 4.59. The van der Waals surface area contributed by atoms with Crippen molar-refractivity contribution in [1.29, 1.82) is 0 Å². The van der Waals surface area contributed by atoms with Gasteiger partial charge in [0.05, 0.1) is 6.61 Å². The maximum atomic E-state index is 9.95. The van der Waals surface area contributed by atoms with Crippen molar-refractivity contribution < 1.29 is 24.9 Å². The number of carboxylic acid groups (broad SMARTS) is 1. The third-order valence-electron chi connectivity index (χ3n) is 0.955. The lowest BCUT2D eigenvalue weighted by Gasteiger charge is -2.11. The van der Waals surface area contributed by atoms with Crippen LogP contribution in [0.1, 0.15) is 0 Å². The number of aliphatic hydroxyl groups is 2. The van der Waals surface area contributed by atoms with Gasteiger partial charge in [-0.1, -0.05) is 0 Å². The van der Waals surface area contributed by atoms with Crippen molar-refractivity contribution in [3.63, 3.8) is 0 Å². The molecule has 10 heavy (non-hydrogen) atoms. The zero-order chi connectivity index (χ0) is 8.15. The summed E-state index contributed by atoms with van der Waals surface area (Å²) in [5.41, 5.74) is 0. The molecular weight excluding hydrogens is 140 g/mol. The summed E-state index contributed by atoms with van der Waals surface area (Å²) in [6.45, 7) is -0.187. The van der Waals surface area contributed by atoms with E-state index in [0.717, 1.165) is 0 Å². The van der Waals surface area contributed by atoms with E-state index >= 15 is 0 Å². The Kier molecular flexibility index (Phi) is 3.94. The van der Waals surface area contributed by atoms with E-state index in [1.165, 1.54) is 7.11 Å². The zero-order valence-electron chi connectivity index (χ0n) is 5.52. The van der Waals surface area contributed by atoms with E-state index in [2.05, 4.69) is 4.74 Å². The van der Waals surface area contributed by atoms with Crippen molar-refractivity contribution in [3.05, 3.63) is 0 Å². The Balaban J connectivity index is 3.69. The molecule has 0 amide bonds. The molecule has 0 aliphatic heterocycles. The van der Waals surface area contributed by atoms with Crippen LogP contribution >= 0.6 is 0 Å². The van der Waals surface area contributed by atoms with Crippen LogP contribution in [0.3, 0.4) is 0 Å². The topological polar surface area (TPSA) is 87.0 Å². The Labute approximate surface area is 57.9 Å². The molecule has 0 rings (SSSR count). The van der Waals surface area contributed by atoms with Gasteiger partial charge in [-0.15, -0.1) is 0 Å². The normalized spacial score (nSPS) is 16.3. The number of ether oxygens (including phenoxy) is 1. The van der Waals surface area contributed by atoms with E-state index in [1.54, 1.807) is 0 Å². The van der Waals surface area contributed by atoms with E-state index in [1.807, 2.05) is 0 Å². The van der Waals surface area contributed by atoms with Crippen molar-refractivity contribution in [2.45, 2.75) is 12.2 Å². The summed E-state index contributed by atoms with van der Waals surface area (Å²) in [5.74, 6) is -1.45. The molecule has 60 valence electrons. The predicted molar refractivity (Wildman–Crippen MR) is 31.5 cm³/mol. The Morgan fingerprint density at radius 3 is 2.40 bits per heavy atom. The van der Waals surface area contributed by atoms with Crippen LogP contribution in [-0.2, 0) is 9.53 Å². The Bertz CT molecular complexity index is 113. The summed E-state index contributed by atoms with van der Waals surface area (Å²) < 4.78 is 4.40. The van der Waals surface area contributed by atoms with Crippen LogP contribution < -0.4 is 0 Å². The predicted octanol–water partition coefficient (Wildman–Crippen LogP) is -1.56. The van der Waals surface area contributed by atoms with E-state index in [0.29, 0.717) is 0 Å². The van der Waals surface area contributed by atoms with Gasteiger partial charge in [-0.3, -0.25) is 0 Å². The number of methoxy groups -OCH3 is 1. The van der Waals surface area contributed by atoms with Crippen molar-refractivity contribution in [1.82, 2.24) is 0 Å². The quantitative estimate of drug-likeness (QED) is 0.451. The van der Waals surface area contributed by atoms with Crippen LogP contribution in [0.25, 0.3) is 0 Å². The van der Waals surface area contributed by atoms with Crippen LogP contribution in [0.2, 0.25) is 0 Å². The number of rotatable bonds is 4. The molecule has 0 aromatic rings. The van der Waals surface area contributed by atoms with Gasteiger partial charge in [0.2, 0.25) is 0 Å². The summed E-state index contributed by atoms with van der Waals surface area (Å²) in [5, 5.41) is 25.4. The molecule has 0 bridgehead atoms. The summed E-state index contributed by atoms with van der Waals surface area (Å²) in [6.07, 6.45) is -3.12. The fourth-order valence-corrected chi connectivity index (χ4v) is 0.426. The highest BCUT2D eigenvalue weighted by Gasteiger charge is 2.22. The maximum Gasteiger partial charge on any atom is 0.335 e. The molecule has 2 atom stereocenters. The first-order valence-corrected chi connectivity index (χ1v) is 2.67. The molecule has 0 aliphatic rings. The lowest BCUT2D eigenvalue weighted by Crippen LogP contribution is -2.36. The molecule has 5 nitrogen and oxygen atoms in total. The van der Waals surface area contributed by atoms with Gasteiger partial charge in [-0.2, -0.15) is 0 Å². The fourth-order valence-electron chi connectivity index (χ4n) is 0.426. The molecule has 0 aliphatic carbocycles. The van der Waals surface area contributed by atoms with Gasteiger partial charge in [0.25, 0.3) is 0 Å². The molecule has 0 aromatic carbocycles. The highest BCUT2D eigenvalue weighted by Crippen LogP contribution is 1.93. The molecular formula is C5H10O5. The van der Waals surface area contributed by atoms with Crippen LogP contribution in [0.15, 0.2) is 0 Å². The first kappa shape index (κ1) is 9.35. The fraction of sp³-hybridized carbons (Fsp3) is 0.800. The minimum absolute atomic E-state index is 0.187. The molecule has 0 saturated carbocycles. The van der Waals surface area contributed by atoms with E-state index in [-0.39, 0.29) is 6.61 Å². The number of hydrogen-bond donors (Lipinski definition) is 3. The van der Waals surface area contributed by atoms with Gasteiger partial charge in [0.1, 0.15) is 6.10 Å². The molecule has 3 N–H and O–H groups in total. The van der Waals surface area contributed by atoms with Crippen LogP contribution in [0.5, 0.6) is 0 Å². The van der Waals surface area contributed by atoms with Gasteiger partial charge in [-0.25, -0.2) is 4.79 Å². The summed E-state index contributed by atoms with van der Waals surface area (Å²) in [7, 11) is 1.30. The van der Waals surface area contributed by atoms with Gasteiger partial charge in [0.15, 0.2) is 6.10 Å². The second-order valence-corrected chi connectivity index (χ2v) is 1.81. The van der Waals surface area contributed by atoms with Crippen molar-refractivity contribution in [3.8, 4) is 0 Å². The SMILES string of the molecule is COC[C@@H](O)[C@H](O)C(=O)O. The molecule has 5 heteroatoms. The highest BCUT2D eigenvalue weighted by atomic mass is 16.5. The smallest absolute Gasteiger partial charge is 0.335 e. The minimum Gasteiger partial charge on any atom is -0.479 e. The Hall–Kier alpha value is -0.650. The second kappa shape index (κ2) is 4.21. The standard InChI is InChI=1S/C5H10O5/c1-10-2-3(6)4(7)5(8)9/h3-4,6-7H,2H2,1H3,(H,8,9)/t3-,4+/m1/s1. The maximum absolute atomic E-state index is 9.95. The Morgan fingerprint density at radius 2 is 2.10 bits per heavy atom. The monoisotopic (exact) mass is 150 g/mol. The summed E-state index contributed by atoms with van der Waals surface area (Å²) in [6, 6.07) is 0. The number of aliphatic hydroxyl groups excluding tert-OH is 2.